The average molecular weight is 308 g/mol. The molecule has 1 fully saturated rings. The lowest BCUT2D eigenvalue weighted by Crippen LogP contribution is -2.35. The molecular weight excluding hydrogens is 284 g/mol. The number of nitrogens with zero attached hydrogens (tertiary/aromatic N) is 1. The lowest BCUT2D eigenvalue weighted by Gasteiger charge is -2.28. The predicted octanol–water partition coefficient (Wildman–Crippen LogP) is 2.07. The largest absolute Gasteiger partial charge is 0.496 e. The first-order valence-corrected chi connectivity index (χ1v) is 7.88. The Balaban J connectivity index is 2.21. The maximum Gasteiger partial charge on any atom is 0.123 e. The maximum absolute atomic E-state index is 9.33. The van der Waals surface area contributed by atoms with Crippen molar-refractivity contribution in [3.8, 4) is 5.75 Å². The molecule has 0 saturated heterocycles. The highest BCUT2D eigenvalue weighted by Crippen LogP contribution is 2.28. The van der Waals surface area contributed by atoms with Crippen LogP contribution in [0.4, 0.5) is 0 Å². The molecule has 0 heterocycles. The van der Waals surface area contributed by atoms with Crippen LogP contribution in [0.5, 0.6) is 5.75 Å². The number of rotatable bonds is 7. The Labute approximate surface area is 131 Å². The van der Waals surface area contributed by atoms with Gasteiger partial charge in [-0.1, -0.05) is 25.1 Å². The van der Waals surface area contributed by atoms with E-state index in [1.807, 2.05) is 18.2 Å². The van der Waals surface area contributed by atoms with E-state index in [2.05, 4.69) is 4.90 Å². The standard InChI is InChI=1S/C16H24N2O2S/c1-20-15-7-6-12(16(17)21)10-13(15)11-18(8-9-19)14-4-2-3-5-14/h6-7,10,14,19H,2-5,8-9,11H2,1H3,(H2,17,21). The average Bonchev–Trinajstić information content (AvgIpc) is 3.00. The molecule has 0 amide bonds. The van der Waals surface area contributed by atoms with Gasteiger partial charge in [0.15, 0.2) is 0 Å². The molecule has 0 aromatic heterocycles. The molecule has 0 unspecified atom stereocenters. The van der Waals surface area contributed by atoms with Crippen LogP contribution in [0.1, 0.15) is 36.8 Å². The minimum absolute atomic E-state index is 0.174. The maximum atomic E-state index is 9.33. The van der Waals surface area contributed by atoms with Gasteiger partial charge in [0.05, 0.1) is 13.7 Å². The zero-order valence-corrected chi connectivity index (χ0v) is 13.4. The summed E-state index contributed by atoms with van der Waals surface area (Å²) in [6.45, 7) is 1.61. The Kier molecular flexibility index (Phi) is 5.96. The van der Waals surface area contributed by atoms with Crippen LogP contribution in [-0.2, 0) is 6.54 Å². The van der Waals surface area contributed by atoms with E-state index in [4.69, 9.17) is 22.7 Å². The van der Waals surface area contributed by atoms with Gasteiger partial charge in [-0.15, -0.1) is 0 Å². The first-order chi connectivity index (χ1) is 10.2. The molecule has 1 aromatic carbocycles. The second-order valence-electron chi connectivity index (χ2n) is 5.52. The minimum Gasteiger partial charge on any atom is -0.496 e. The summed E-state index contributed by atoms with van der Waals surface area (Å²) in [6.07, 6.45) is 4.96. The van der Waals surface area contributed by atoms with Crippen molar-refractivity contribution in [3.63, 3.8) is 0 Å². The molecule has 21 heavy (non-hydrogen) atoms. The SMILES string of the molecule is COc1ccc(C(N)=S)cc1CN(CCO)C1CCCC1. The Morgan fingerprint density at radius 3 is 2.71 bits per heavy atom. The van der Waals surface area contributed by atoms with Crippen LogP contribution in [0.2, 0.25) is 0 Å². The number of hydrogen-bond donors (Lipinski definition) is 2. The summed E-state index contributed by atoms with van der Waals surface area (Å²) < 4.78 is 5.45. The van der Waals surface area contributed by atoms with Crippen molar-refractivity contribution in [2.75, 3.05) is 20.3 Å². The highest BCUT2D eigenvalue weighted by molar-refractivity contribution is 7.80. The second-order valence-corrected chi connectivity index (χ2v) is 5.96. The van der Waals surface area contributed by atoms with Gasteiger partial charge in [0.1, 0.15) is 10.7 Å². The molecule has 0 atom stereocenters. The summed E-state index contributed by atoms with van der Waals surface area (Å²) in [6, 6.07) is 6.35. The van der Waals surface area contributed by atoms with Crippen LogP contribution in [0, 0.1) is 0 Å². The molecule has 0 spiro atoms. The van der Waals surface area contributed by atoms with E-state index in [0.29, 0.717) is 17.6 Å². The van der Waals surface area contributed by atoms with Gasteiger partial charge in [-0.25, -0.2) is 0 Å². The second kappa shape index (κ2) is 7.73. The molecular formula is C16H24N2O2S. The van der Waals surface area contributed by atoms with Gasteiger partial charge in [-0.3, -0.25) is 4.90 Å². The van der Waals surface area contributed by atoms with Crippen LogP contribution in [0.25, 0.3) is 0 Å². The number of methoxy groups -OCH3 is 1. The summed E-state index contributed by atoms with van der Waals surface area (Å²) >= 11 is 5.06. The van der Waals surface area contributed by atoms with Crippen LogP contribution in [0.3, 0.4) is 0 Å². The van der Waals surface area contributed by atoms with E-state index in [-0.39, 0.29) is 6.61 Å². The van der Waals surface area contributed by atoms with Gasteiger partial charge < -0.3 is 15.6 Å². The minimum atomic E-state index is 0.174. The fraction of sp³-hybridized carbons (Fsp3) is 0.562. The van der Waals surface area contributed by atoms with Crippen molar-refractivity contribution < 1.29 is 9.84 Å². The van der Waals surface area contributed by atoms with Gasteiger partial charge in [0.25, 0.3) is 0 Å². The van der Waals surface area contributed by atoms with Crippen molar-refractivity contribution >= 4 is 17.2 Å². The molecule has 2 rings (SSSR count). The number of nitrogens with two attached hydrogens (primary N) is 1. The molecule has 1 aliphatic rings. The number of hydrogen-bond acceptors (Lipinski definition) is 4. The zero-order valence-electron chi connectivity index (χ0n) is 12.5. The number of aliphatic hydroxyl groups excluding tert-OH is 1. The Morgan fingerprint density at radius 2 is 2.14 bits per heavy atom. The zero-order chi connectivity index (χ0) is 15.2. The van der Waals surface area contributed by atoms with E-state index in [0.717, 1.165) is 23.4 Å². The Morgan fingerprint density at radius 1 is 1.43 bits per heavy atom. The summed E-state index contributed by atoms with van der Waals surface area (Å²) in [5.41, 5.74) is 7.65. The Bertz CT molecular complexity index is 487. The van der Waals surface area contributed by atoms with E-state index >= 15 is 0 Å². The summed E-state index contributed by atoms with van der Waals surface area (Å²) in [7, 11) is 1.67. The molecule has 0 aliphatic heterocycles. The van der Waals surface area contributed by atoms with E-state index in [9.17, 15) is 5.11 Å². The van der Waals surface area contributed by atoms with Crippen molar-refractivity contribution in [2.24, 2.45) is 5.73 Å². The first-order valence-electron chi connectivity index (χ1n) is 7.47. The monoisotopic (exact) mass is 308 g/mol. The first kappa shape index (κ1) is 16.2. The molecule has 4 nitrogen and oxygen atoms in total. The summed E-state index contributed by atoms with van der Waals surface area (Å²) in [5, 5.41) is 9.33. The lowest BCUT2D eigenvalue weighted by atomic mass is 10.1. The predicted molar refractivity (Wildman–Crippen MR) is 88.6 cm³/mol. The molecule has 0 radical (unpaired) electrons. The molecule has 116 valence electrons. The number of thiocarbonyl (C=S) groups is 1. The van der Waals surface area contributed by atoms with Crippen LogP contribution in [-0.4, -0.2) is 41.3 Å². The van der Waals surface area contributed by atoms with E-state index < -0.39 is 0 Å². The normalized spacial score (nSPS) is 15.6. The third kappa shape index (κ3) is 4.15. The van der Waals surface area contributed by atoms with E-state index in [1.54, 1.807) is 7.11 Å². The van der Waals surface area contributed by atoms with Gasteiger partial charge >= 0.3 is 0 Å². The Hall–Kier alpha value is -1.17. The summed E-state index contributed by atoms with van der Waals surface area (Å²) in [5.74, 6) is 0.843. The van der Waals surface area contributed by atoms with Crippen molar-refractivity contribution in [1.29, 1.82) is 0 Å². The molecule has 1 aliphatic carbocycles. The topological polar surface area (TPSA) is 58.7 Å². The molecule has 5 heteroatoms. The van der Waals surface area contributed by atoms with Gasteiger partial charge in [-0.2, -0.15) is 0 Å². The number of ether oxygens (including phenoxy) is 1. The van der Waals surface area contributed by atoms with Crippen molar-refractivity contribution in [3.05, 3.63) is 29.3 Å². The number of benzene rings is 1. The highest BCUT2D eigenvalue weighted by atomic mass is 32.1. The highest BCUT2D eigenvalue weighted by Gasteiger charge is 2.23. The van der Waals surface area contributed by atoms with Gasteiger partial charge in [0, 0.05) is 30.3 Å². The molecule has 1 aromatic rings. The molecule has 1 saturated carbocycles. The van der Waals surface area contributed by atoms with Crippen molar-refractivity contribution in [1.82, 2.24) is 4.90 Å². The third-order valence-corrected chi connectivity index (χ3v) is 4.40. The van der Waals surface area contributed by atoms with Crippen molar-refractivity contribution in [2.45, 2.75) is 38.3 Å². The fourth-order valence-corrected chi connectivity index (χ4v) is 3.19. The fourth-order valence-electron chi connectivity index (χ4n) is 3.06. The van der Waals surface area contributed by atoms with Crippen LogP contribution >= 0.6 is 12.2 Å². The third-order valence-electron chi connectivity index (χ3n) is 4.17. The lowest BCUT2D eigenvalue weighted by molar-refractivity contribution is 0.143. The smallest absolute Gasteiger partial charge is 0.123 e. The van der Waals surface area contributed by atoms with E-state index in [1.165, 1.54) is 25.7 Å². The van der Waals surface area contributed by atoms with Crippen LogP contribution < -0.4 is 10.5 Å². The quantitative estimate of drug-likeness (QED) is 0.755. The number of aliphatic hydroxyl groups is 1. The van der Waals surface area contributed by atoms with Gasteiger partial charge in [0.2, 0.25) is 0 Å². The molecule has 0 bridgehead atoms. The molecule has 3 N–H and O–H groups in total. The van der Waals surface area contributed by atoms with Gasteiger partial charge in [-0.05, 0) is 31.0 Å². The summed E-state index contributed by atoms with van der Waals surface area (Å²) in [4.78, 5) is 2.74. The van der Waals surface area contributed by atoms with Crippen LogP contribution in [0.15, 0.2) is 18.2 Å².